The zero-order chi connectivity index (χ0) is 21.3. The summed E-state index contributed by atoms with van der Waals surface area (Å²) in [6, 6.07) is 9.80. The van der Waals surface area contributed by atoms with E-state index < -0.39 is 17.6 Å². The molecule has 30 heavy (non-hydrogen) atoms. The van der Waals surface area contributed by atoms with Crippen LogP contribution in [0.3, 0.4) is 0 Å². The lowest BCUT2D eigenvalue weighted by Gasteiger charge is -2.35. The van der Waals surface area contributed by atoms with Gasteiger partial charge in [0, 0.05) is 26.2 Å². The molecule has 0 radical (unpaired) electrons. The van der Waals surface area contributed by atoms with Gasteiger partial charge >= 0.3 is 6.18 Å². The van der Waals surface area contributed by atoms with Crippen LogP contribution >= 0.6 is 0 Å². The number of rotatable bonds is 2. The minimum absolute atomic E-state index is 0.142. The fraction of sp³-hybridized carbons (Fsp3) is 0.333. The number of ether oxygens (including phenoxy) is 2. The molecule has 6 nitrogen and oxygen atoms in total. The third kappa shape index (κ3) is 3.79. The van der Waals surface area contributed by atoms with Gasteiger partial charge < -0.3 is 19.3 Å². The van der Waals surface area contributed by atoms with Crippen molar-refractivity contribution in [1.82, 2.24) is 9.80 Å². The molecule has 2 aliphatic rings. The quantitative estimate of drug-likeness (QED) is 0.750. The normalized spacial score (nSPS) is 16.4. The summed E-state index contributed by atoms with van der Waals surface area (Å²) in [4.78, 5) is 28.5. The second kappa shape index (κ2) is 7.89. The molecular weight excluding hydrogens is 401 g/mol. The van der Waals surface area contributed by atoms with Gasteiger partial charge in [0.1, 0.15) is 13.2 Å². The number of fused-ring (bicyclic) bond motifs is 1. The monoisotopic (exact) mass is 420 g/mol. The molecule has 158 valence electrons. The Morgan fingerprint density at radius 2 is 1.33 bits per heavy atom. The molecule has 0 spiro atoms. The van der Waals surface area contributed by atoms with Crippen molar-refractivity contribution in [3.63, 3.8) is 0 Å². The summed E-state index contributed by atoms with van der Waals surface area (Å²) in [7, 11) is 0. The Morgan fingerprint density at radius 1 is 0.767 bits per heavy atom. The maximum Gasteiger partial charge on any atom is 0.417 e. The van der Waals surface area contributed by atoms with Crippen molar-refractivity contribution in [1.29, 1.82) is 0 Å². The van der Waals surface area contributed by atoms with Gasteiger partial charge in [-0.15, -0.1) is 0 Å². The standard InChI is InChI=1S/C21H19F3N2O4/c22-21(23,24)16-6-2-1-4-14(16)19(27)25-8-10-26(11-9-25)20(28)15-5-3-7-17-18(15)30-13-12-29-17/h1-7H,8-13H2. The lowest BCUT2D eigenvalue weighted by Crippen LogP contribution is -2.51. The van der Waals surface area contributed by atoms with Crippen molar-refractivity contribution in [2.24, 2.45) is 0 Å². The van der Waals surface area contributed by atoms with Gasteiger partial charge in [-0.1, -0.05) is 18.2 Å². The number of alkyl halides is 3. The van der Waals surface area contributed by atoms with Gasteiger partial charge in [-0.3, -0.25) is 9.59 Å². The number of hydrogen-bond acceptors (Lipinski definition) is 4. The van der Waals surface area contributed by atoms with E-state index in [1.807, 2.05) is 0 Å². The van der Waals surface area contributed by atoms with Crippen molar-refractivity contribution in [2.75, 3.05) is 39.4 Å². The average Bonchev–Trinajstić information content (AvgIpc) is 2.77. The van der Waals surface area contributed by atoms with Crippen LogP contribution in [-0.2, 0) is 6.18 Å². The summed E-state index contributed by atoms with van der Waals surface area (Å²) in [6.45, 7) is 1.46. The van der Waals surface area contributed by atoms with E-state index in [0.29, 0.717) is 30.3 Å². The molecule has 2 aliphatic heterocycles. The summed E-state index contributed by atoms with van der Waals surface area (Å²) < 4.78 is 50.8. The number of nitrogens with zero attached hydrogens (tertiary/aromatic N) is 2. The highest BCUT2D eigenvalue weighted by Crippen LogP contribution is 2.35. The first kappa shape index (κ1) is 20.1. The molecule has 4 rings (SSSR count). The van der Waals surface area contributed by atoms with E-state index >= 15 is 0 Å². The predicted octanol–water partition coefficient (Wildman–Crippen LogP) is 3.07. The van der Waals surface area contributed by atoms with Crippen LogP contribution in [0.5, 0.6) is 11.5 Å². The fourth-order valence-electron chi connectivity index (χ4n) is 3.61. The molecule has 2 aromatic rings. The first-order chi connectivity index (χ1) is 14.4. The van der Waals surface area contributed by atoms with Crippen molar-refractivity contribution in [3.05, 3.63) is 59.2 Å². The molecule has 0 aliphatic carbocycles. The third-order valence-electron chi connectivity index (χ3n) is 5.11. The molecule has 9 heteroatoms. The summed E-state index contributed by atoms with van der Waals surface area (Å²) in [5, 5.41) is 0. The number of piperazine rings is 1. The van der Waals surface area contributed by atoms with Crippen LogP contribution in [-0.4, -0.2) is 61.0 Å². The molecule has 2 amide bonds. The molecule has 0 aromatic heterocycles. The van der Waals surface area contributed by atoms with E-state index in [1.54, 1.807) is 23.1 Å². The Kier molecular flexibility index (Phi) is 5.27. The SMILES string of the molecule is O=C(c1ccccc1C(F)(F)F)N1CCN(C(=O)c2cccc3c2OCCO3)CC1. The molecular formula is C21H19F3N2O4. The van der Waals surface area contributed by atoms with E-state index in [2.05, 4.69) is 0 Å². The van der Waals surface area contributed by atoms with Crippen LogP contribution in [0.2, 0.25) is 0 Å². The highest BCUT2D eigenvalue weighted by atomic mass is 19.4. The van der Waals surface area contributed by atoms with Crippen LogP contribution in [0, 0.1) is 0 Å². The van der Waals surface area contributed by atoms with Crippen LogP contribution in [0.15, 0.2) is 42.5 Å². The van der Waals surface area contributed by atoms with Gasteiger partial charge in [0.05, 0.1) is 16.7 Å². The highest BCUT2D eigenvalue weighted by Gasteiger charge is 2.37. The fourth-order valence-corrected chi connectivity index (χ4v) is 3.61. The molecule has 0 saturated carbocycles. The zero-order valence-electron chi connectivity index (χ0n) is 15.9. The zero-order valence-corrected chi connectivity index (χ0v) is 15.9. The van der Waals surface area contributed by atoms with E-state index in [1.165, 1.54) is 23.1 Å². The van der Waals surface area contributed by atoms with Crippen LogP contribution in [0.25, 0.3) is 0 Å². The van der Waals surface area contributed by atoms with E-state index in [-0.39, 0.29) is 37.6 Å². The summed E-state index contributed by atoms with van der Waals surface area (Å²) >= 11 is 0. The summed E-state index contributed by atoms with van der Waals surface area (Å²) in [5.41, 5.74) is -0.969. The van der Waals surface area contributed by atoms with Crippen LogP contribution in [0.1, 0.15) is 26.3 Å². The van der Waals surface area contributed by atoms with E-state index in [0.717, 1.165) is 6.07 Å². The molecule has 0 atom stereocenters. The van der Waals surface area contributed by atoms with Crippen molar-refractivity contribution in [3.8, 4) is 11.5 Å². The smallest absolute Gasteiger partial charge is 0.417 e. The molecule has 0 bridgehead atoms. The first-order valence-corrected chi connectivity index (χ1v) is 9.49. The summed E-state index contributed by atoms with van der Waals surface area (Å²) in [5.74, 6) is -0.0555. The number of benzene rings is 2. The Labute approximate surface area is 170 Å². The molecule has 1 saturated heterocycles. The molecule has 2 aromatic carbocycles. The van der Waals surface area contributed by atoms with Gasteiger partial charge in [-0.2, -0.15) is 13.2 Å². The predicted molar refractivity (Wildman–Crippen MR) is 101 cm³/mol. The van der Waals surface area contributed by atoms with Gasteiger partial charge in [-0.05, 0) is 24.3 Å². The van der Waals surface area contributed by atoms with Crippen LogP contribution in [0.4, 0.5) is 13.2 Å². The number of para-hydroxylation sites is 1. The van der Waals surface area contributed by atoms with Crippen molar-refractivity contribution >= 4 is 11.8 Å². The number of amides is 2. The van der Waals surface area contributed by atoms with Gasteiger partial charge in [0.25, 0.3) is 11.8 Å². The Morgan fingerprint density at radius 3 is 2.00 bits per heavy atom. The molecule has 0 N–H and O–H groups in total. The maximum atomic E-state index is 13.2. The van der Waals surface area contributed by atoms with Crippen LogP contribution < -0.4 is 9.47 Å². The van der Waals surface area contributed by atoms with Gasteiger partial charge in [-0.25, -0.2) is 0 Å². The minimum Gasteiger partial charge on any atom is -0.486 e. The molecule has 0 unspecified atom stereocenters. The number of hydrogen-bond donors (Lipinski definition) is 0. The first-order valence-electron chi connectivity index (χ1n) is 9.49. The Hall–Kier alpha value is -3.23. The summed E-state index contributed by atoms with van der Waals surface area (Å²) in [6.07, 6.45) is -4.61. The maximum absolute atomic E-state index is 13.2. The second-order valence-electron chi connectivity index (χ2n) is 6.96. The lowest BCUT2D eigenvalue weighted by atomic mass is 10.1. The average molecular weight is 420 g/mol. The van der Waals surface area contributed by atoms with E-state index in [4.69, 9.17) is 9.47 Å². The third-order valence-corrected chi connectivity index (χ3v) is 5.11. The van der Waals surface area contributed by atoms with E-state index in [9.17, 15) is 22.8 Å². The largest absolute Gasteiger partial charge is 0.486 e. The van der Waals surface area contributed by atoms with Gasteiger partial charge in [0.15, 0.2) is 11.5 Å². The Bertz CT molecular complexity index is 969. The number of halogens is 3. The molecule has 1 fully saturated rings. The second-order valence-corrected chi connectivity index (χ2v) is 6.96. The van der Waals surface area contributed by atoms with Gasteiger partial charge in [0.2, 0.25) is 0 Å². The topological polar surface area (TPSA) is 59.1 Å². The highest BCUT2D eigenvalue weighted by molar-refractivity contribution is 5.99. The Balaban J connectivity index is 1.46. The minimum atomic E-state index is -4.61. The van der Waals surface area contributed by atoms with Crippen molar-refractivity contribution in [2.45, 2.75) is 6.18 Å². The number of carbonyl (C=O) groups excluding carboxylic acids is 2. The lowest BCUT2D eigenvalue weighted by molar-refractivity contribution is -0.138. The molecule has 2 heterocycles. The number of carbonyl (C=O) groups is 2. The van der Waals surface area contributed by atoms with Crippen molar-refractivity contribution < 1.29 is 32.2 Å².